The van der Waals surface area contributed by atoms with Crippen molar-refractivity contribution in [2.45, 2.75) is 32.0 Å². The molecule has 0 rings (SSSR count). The van der Waals surface area contributed by atoms with Gasteiger partial charge in [-0.1, -0.05) is 0 Å². The molecule has 1 atom stereocenters. The van der Waals surface area contributed by atoms with Crippen molar-refractivity contribution in [1.82, 2.24) is 10.2 Å². The minimum atomic E-state index is -4.09. The summed E-state index contributed by atoms with van der Waals surface area (Å²) >= 11 is 0. The zero-order chi connectivity index (χ0) is 11.2. The Kier molecular flexibility index (Phi) is 6.11. The van der Waals surface area contributed by atoms with Gasteiger partial charge in [-0.2, -0.15) is 13.2 Å². The van der Waals surface area contributed by atoms with Crippen LogP contribution in [-0.4, -0.2) is 44.3 Å². The SMILES string of the molecule is CNCCCC(C)N(C)CC(F)(F)F. The fourth-order valence-corrected chi connectivity index (χ4v) is 1.23. The Labute approximate surface area is 83.5 Å². The first-order chi connectivity index (χ1) is 6.37. The number of rotatable bonds is 6. The second-order valence-corrected chi connectivity index (χ2v) is 3.63. The van der Waals surface area contributed by atoms with Crippen LogP contribution in [-0.2, 0) is 0 Å². The third-order valence-electron chi connectivity index (χ3n) is 2.23. The van der Waals surface area contributed by atoms with Crippen LogP contribution in [0.1, 0.15) is 19.8 Å². The summed E-state index contributed by atoms with van der Waals surface area (Å²) in [4.78, 5) is 1.34. The van der Waals surface area contributed by atoms with E-state index in [9.17, 15) is 13.2 Å². The van der Waals surface area contributed by atoms with Gasteiger partial charge in [0.15, 0.2) is 0 Å². The molecule has 0 saturated carbocycles. The monoisotopic (exact) mass is 212 g/mol. The van der Waals surface area contributed by atoms with Gasteiger partial charge in [0.05, 0.1) is 6.54 Å². The van der Waals surface area contributed by atoms with Crippen LogP contribution in [0.15, 0.2) is 0 Å². The normalized spacial score (nSPS) is 14.8. The Morgan fingerprint density at radius 2 is 1.93 bits per heavy atom. The molecule has 0 spiro atoms. The fraction of sp³-hybridized carbons (Fsp3) is 1.00. The molecule has 1 unspecified atom stereocenters. The highest BCUT2D eigenvalue weighted by Gasteiger charge is 2.30. The molecule has 0 radical (unpaired) electrons. The molecule has 0 aliphatic rings. The zero-order valence-corrected chi connectivity index (χ0v) is 8.99. The quantitative estimate of drug-likeness (QED) is 0.676. The molecule has 86 valence electrons. The van der Waals surface area contributed by atoms with Crippen LogP contribution < -0.4 is 5.32 Å². The highest BCUT2D eigenvalue weighted by Crippen LogP contribution is 2.17. The van der Waals surface area contributed by atoms with Gasteiger partial charge in [-0.05, 0) is 40.4 Å². The Morgan fingerprint density at radius 3 is 2.36 bits per heavy atom. The molecule has 2 nitrogen and oxygen atoms in total. The molecule has 0 aromatic rings. The van der Waals surface area contributed by atoms with E-state index in [1.807, 2.05) is 14.0 Å². The lowest BCUT2D eigenvalue weighted by Crippen LogP contribution is -2.37. The zero-order valence-electron chi connectivity index (χ0n) is 8.99. The fourth-order valence-electron chi connectivity index (χ4n) is 1.23. The Hall–Kier alpha value is -0.290. The minimum Gasteiger partial charge on any atom is -0.320 e. The molecule has 0 fully saturated rings. The van der Waals surface area contributed by atoms with E-state index in [2.05, 4.69) is 5.32 Å². The molecule has 1 N–H and O–H groups in total. The molecule has 0 aromatic heterocycles. The average molecular weight is 212 g/mol. The summed E-state index contributed by atoms with van der Waals surface area (Å²) in [5, 5.41) is 2.97. The third kappa shape index (κ3) is 7.15. The first-order valence-electron chi connectivity index (χ1n) is 4.78. The van der Waals surface area contributed by atoms with Gasteiger partial charge >= 0.3 is 6.18 Å². The molecular formula is C9H19F3N2. The Morgan fingerprint density at radius 1 is 1.36 bits per heavy atom. The molecule has 5 heteroatoms. The van der Waals surface area contributed by atoms with Gasteiger partial charge in [-0.15, -0.1) is 0 Å². The van der Waals surface area contributed by atoms with Crippen LogP contribution in [0.5, 0.6) is 0 Å². The first-order valence-corrected chi connectivity index (χ1v) is 4.78. The maximum absolute atomic E-state index is 12.0. The molecule has 0 aromatic carbocycles. The Balaban J connectivity index is 3.70. The standard InChI is InChI=1S/C9H19F3N2/c1-8(5-4-6-13-2)14(3)7-9(10,11)12/h8,13H,4-7H2,1-3H3. The smallest absolute Gasteiger partial charge is 0.320 e. The van der Waals surface area contributed by atoms with E-state index in [0.29, 0.717) is 0 Å². The summed E-state index contributed by atoms with van der Waals surface area (Å²) in [5.74, 6) is 0. The van der Waals surface area contributed by atoms with Gasteiger partial charge in [0.25, 0.3) is 0 Å². The van der Waals surface area contributed by atoms with Crippen molar-refractivity contribution >= 4 is 0 Å². The third-order valence-corrected chi connectivity index (χ3v) is 2.23. The highest BCUT2D eigenvalue weighted by atomic mass is 19.4. The summed E-state index contributed by atoms with van der Waals surface area (Å²) in [5.41, 5.74) is 0. The number of hydrogen-bond acceptors (Lipinski definition) is 2. The molecule has 0 aliphatic heterocycles. The van der Waals surface area contributed by atoms with Crippen molar-refractivity contribution < 1.29 is 13.2 Å². The second-order valence-electron chi connectivity index (χ2n) is 3.63. The van der Waals surface area contributed by atoms with Gasteiger partial charge in [0, 0.05) is 6.04 Å². The van der Waals surface area contributed by atoms with E-state index in [4.69, 9.17) is 0 Å². The van der Waals surface area contributed by atoms with E-state index in [0.717, 1.165) is 19.4 Å². The maximum Gasteiger partial charge on any atom is 0.401 e. The van der Waals surface area contributed by atoms with E-state index >= 15 is 0 Å². The Bertz CT molecular complexity index is 147. The largest absolute Gasteiger partial charge is 0.401 e. The molecule has 0 aliphatic carbocycles. The highest BCUT2D eigenvalue weighted by molar-refractivity contribution is 4.67. The summed E-state index contributed by atoms with van der Waals surface area (Å²) in [7, 11) is 3.35. The number of alkyl halides is 3. The minimum absolute atomic E-state index is 0.0232. The molecule has 0 heterocycles. The number of hydrogen-bond donors (Lipinski definition) is 1. The lowest BCUT2D eigenvalue weighted by Gasteiger charge is -2.25. The van der Waals surface area contributed by atoms with Crippen molar-refractivity contribution in [2.75, 3.05) is 27.2 Å². The van der Waals surface area contributed by atoms with E-state index in [1.165, 1.54) is 11.9 Å². The van der Waals surface area contributed by atoms with Crippen molar-refractivity contribution in [2.24, 2.45) is 0 Å². The van der Waals surface area contributed by atoms with Crippen LogP contribution >= 0.6 is 0 Å². The average Bonchev–Trinajstić information content (AvgIpc) is 2.01. The van der Waals surface area contributed by atoms with E-state index in [-0.39, 0.29) is 6.04 Å². The summed E-state index contributed by atoms with van der Waals surface area (Å²) in [6.07, 6.45) is -2.40. The summed E-state index contributed by atoms with van der Waals surface area (Å²) in [6.45, 7) is 1.85. The van der Waals surface area contributed by atoms with Gasteiger partial charge in [0.2, 0.25) is 0 Å². The van der Waals surface area contributed by atoms with Gasteiger partial charge in [-0.25, -0.2) is 0 Å². The molecule has 14 heavy (non-hydrogen) atoms. The predicted octanol–water partition coefficient (Wildman–Crippen LogP) is 1.87. The molecule has 0 bridgehead atoms. The van der Waals surface area contributed by atoms with Crippen LogP contribution in [0.2, 0.25) is 0 Å². The van der Waals surface area contributed by atoms with Gasteiger partial charge in [-0.3, -0.25) is 4.90 Å². The van der Waals surface area contributed by atoms with E-state index in [1.54, 1.807) is 0 Å². The number of halogens is 3. The van der Waals surface area contributed by atoms with Gasteiger partial charge in [0.1, 0.15) is 0 Å². The molecule has 0 amide bonds. The lowest BCUT2D eigenvalue weighted by atomic mass is 10.1. The molecule has 0 saturated heterocycles. The van der Waals surface area contributed by atoms with Crippen LogP contribution in [0.25, 0.3) is 0 Å². The topological polar surface area (TPSA) is 15.3 Å². The van der Waals surface area contributed by atoms with Crippen LogP contribution in [0, 0.1) is 0 Å². The summed E-state index contributed by atoms with van der Waals surface area (Å²) < 4.78 is 36.0. The van der Waals surface area contributed by atoms with Crippen molar-refractivity contribution in [3.8, 4) is 0 Å². The molecular weight excluding hydrogens is 193 g/mol. The van der Waals surface area contributed by atoms with Crippen molar-refractivity contribution in [3.63, 3.8) is 0 Å². The van der Waals surface area contributed by atoms with Crippen molar-refractivity contribution in [3.05, 3.63) is 0 Å². The first kappa shape index (κ1) is 13.7. The van der Waals surface area contributed by atoms with Crippen LogP contribution in [0.3, 0.4) is 0 Å². The van der Waals surface area contributed by atoms with Gasteiger partial charge < -0.3 is 5.32 Å². The lowest BCUT2D eigenvalue weighted by molar-refractivity contribution is -0.147. The van der Waals surface area contributed by atoms with Crippen molar-refractivity contribution in [1.29, 1.82) is 0 Å². The maximum atomic E-state index is 12.0. The second kappa shape index (κ2) is 6.24. The number of nitrogens with one attached hydrogen (secondary N) is 1. The summed E-state index contributed by atoms with van der Waals surface area (Å²) in [6, 6.07) is -0.0232. The predicted molar refractivity (Wildman–Crippen MR) is 51.3 cm³/mol. The van der Waals surface area contributed by atoms with E-state index < -0.39 is 12.7 Å². The van der Waals surface area contributed by atoms with Crippen LogP contribution in [0.4, 0.5) is 13.2 Å². The number of nitrogens with zero attached hydrogens (tertiary/aromatic N) is 1.